The monoisotopic (exact) mass is 286 g/mol. The molecule has 0 spiro atoms. The first kappa shape index (κ1) is 13.1. The molecule has 5 nitrogen and oxygen atoms in total. The second kappa shape index (κ2) is 4.40. The molecule has 0 amide bonds. The fourth-order valence-electron chi connectivity index (χ4n) is 1.53. The number of nitriles is 1. The fourth-order valence-corrected chi connectivity index (χ4v) is 1.76. The van der Waals surface area contributed by atoms with E-state index in [1.165, 1.54) is 0 Å². The Morgan fingerprint density at radius 1 is 1.32 bits per heavy atom. The number of rotatable bonds is 1. The number of H-pyrrole nitrogens is 2. The van der Waals surface area contributed by atoms with Gasteiger partial charge in [0.25, 0.3) is 0 Å². The van der Waals surface area contributed by atoms with Gasteiger partial charge >= 0.3 is 11.9 Å². The van der Waals surface area contributed by atoms with Crippen LogP contribution in [0.4, 0.5) is 13.2 Å². The van der Waals surface area contributed by atoms with Crippen molar-refractivity contribution in [1.82, 2.24) is 14.8 Å². The number of halogens is 3. The van der Waals surface area contributed by atoms with Gasteiger partial charge in [0.15, 0.2) is 0 Å². The number of alkyl halides is 3. The Balaban J connectivity index is 2.72. The first-order valence-corrected chi connectivity index (χ1v) is 5.27. The van der Waals surface area contributed by atoms with Crippen molar-refractivity contribution in [3.63, 3.8) is 0 Å². The molecule has 1 aromatic carbocycles. The van der Waals surface area contributed by atoms with Gasteiger partial charge < -0.3 is 0 Å². The Kier molecular flexibility index (Phi) is 3.03. The average molecular weight is 286 g/mol. The van der Waals surface area contributed by atoms with Crippen LogP contribution in [-0.2, 0) is 6.18 Å². The molecule has 0 saturated carbocycles. The number of aromatic amines is 2. The van der Waals surface area contributed by atoms with Crippen molar-refractivity contribution in [2.24, 2.45) is 0 Å². The molecule has 0 aliphatic carbocycles. The van der Waals surface area contributed by atoms with E-state index < -0.39 is 17.4 Å². The number of hydrogen-bond acceptors (Lipinski definition) is 3. The van der Waals surface area contributed by atoms with Crippen LogP contribution in [0.25, 0.3) is 5.69 Å². The summed E-state index contributed by atoms with van der Waals surface area (Å²) in [6.07, 6.45) is -4.56. The highest BCUT2D eigenvalue weighted by Gasteiger charge is 2.31. The average Bonchev–Trinajstić information content (AvgIpc) is 2.67. The molecule has 1 heterocycles. The first-order chi connectivity index (χ1) is 8.84. The van der Waals surface area contributed by atoms with Gasteiger partial charge in [0.05, 0.1) is 16.8 Å². The standard InChI is InChI=1S/C10H5F3N4OS/c11-10(12,13)6-1-2-7(5(3-6)4-14)17-8(18)15-16-9(17)19/h1-3H,(H,15,18)(H,16,19). The van der Waals surface area contributed by atoms with E-state index in [1.807, 2.05) is 0 Å². The molecule has 9 heteroatoms. The van der Waals surface area contributed by atoms with Gasteiger partial charge in [0.2, 0.25) is 4.77 Å². The summed E-state index contributed by atoms with van der Waals surface area (Å²) < 4.78 is 38.4. The third-order valence-corrected chi connectivity index (χ3v) is 2.65. The largest absolute Gasteiger partial charge is 0.416 e. The van der Waals surface area contributed by atoms with E-state index in [4.69, 9.17) is 17.5 Å². The molecule has 0 bridgehead atoms. The third-order valence-electron chi connectivity index (χ3n) is 2.37. The van der Waals surface area contributed by atoms with Crippen molar-refractivity contribution in [3.05, 3.63) is 44.6 Å². The minimum atomic E-state index is -4.56. The van der Waals surface area contributed by atoms with Gasteiger partial charge in [-0.3, -0.25) is 5.10 Å². The Labute approximate surface area is 108 Å². The predicted octanol–water partition coefficient (Wildman–Crippen LogP) is 2.11. The molecule has 0 fully saturated rings. The Morgan fingerprint density at radius 2 is 2.00 bits per heavy atom. The lowest BCUT2D eigenvalue weighted by molar-refractivity contribution is -0.137. The summed E-state index contributed by atoms with van der Waals surface area (Å²) in [5.41, 5.74) is -1.94. The van der Waals surface area contributed by atoms with Crippen LogP contribution in [0.3, 0.4) is 0 Å². The van der Waals surface area contributed by atoms with Crippen LogP contribution >= 0.6 is 12.2 Å². The van der Waals surface area contributed by atoms with E-state index in [9.17, 15) is 18.0 Å². The predicted molar refractivity (Wildman–Crippen MR) is 61.3 cm³/mol. The van der Waals surface area contributed by atoms with Gasteiger partial charge in [0, 0.05) is 0 Å². The SMILES string of the molecule is N#Cc1cc(C(F)(F)F)ccc1-n1c(=O)[nH][nH]c1=S. The summed E-state index contributed by atoms with van der Waals surface area (Å²) >= 11 is 4.81. The van der Waals surface area contributed by atoms with Crippen LogP contribution in [0.2, 0.25) is 0 Å². The minimum absolute atomic E-state index is 0.0111. The van der Waals surface area contributed by atoms with Crippen molar-refractivity contribution >= 4 is 12.2 Å². The van der Waals surface area contributed by atoms with E-state index >= 15 is 0 Å². The molecule has 2 rings (SSSR count). The lowest BCUT2D eigenvalue weighted by Crippen LogP contribution is -2.16. The van der Waals surface area contributed by atoms with Gasteiger partial charge in [-0.15, -0.1) is 0 Å². The summed E-state index contributed by atoms with van der Waals surface area (Å²) in [7, 11) is 0. The quantitative estimate of drug-likeness (QED) is 0.788. The van der Waals surface area contributed by atoms with Crippen LogP contribution in [0, 0.1) is 16.1 Å². The van der Waals surface area contributed by atoms with E-state index in [0.29, 0.717) is 6.07 Å². The van der Waals surface area contributed by atoms with Crippen LogP contribution in [0.15, 0.2) is 23.0 Å². The summed E-state index contributed by atoms with van der Waals surface area (Å²) in [4.78, 5) is 11.5. The molecule has 0 aliphatic rings. The van der Waals surface area contributed by atoms with Crippen molar-refractivity contribution in [3.8, 4) is 11.8 Å². The van der Waals surface area contributed by atoms with Gasteiger partial charge in [-0.25, -0.2) is 14.5 Å². The molecule has 0 unspecified atom stereocenters. The van der Waals surface area contributed by atoms with E-state index in [1.54, 1.807) is 6.07 Å². The highest BCUT2D eigenvalue weighted by Crippen LogP contribution is 2.31. The summed E-state index contributed by atoms with van der Waals surface area (Å²) in [6.45, 7) is 0. The molecule has 0 saturated heterocycles. The minimum Gasteiger partial charge on any atom is -0.272 e. The van der Waals surface area contributed by atoms with Gasteiger partial charge in [-0.1, -0.05) is 0 Å². The van der Waals surface area contributed by atoms with Crippen LogP contribution in [0.1, 0.15) is 11.1 Å². The molecular weight excluding hydrogens is 281 g/mol. The maximum Gasteiger partial charge on any atom is 0.416 e. The summed E-state index contributed by atoms with van der Waals surface area (Å²) in [5, 5.41) is 13.4. The third kappa shape index (κ3) is 2.30. The first-order valence-electron chi connectivity index (χ1n) is 4.86. The zero-order valence-corrected chi connectivity index (χ0v) is 9.89. The molecule has 2 N–H and O–H groups in total. The number of nitrogens with one attached hydrogen (secondary N) is 2. The second-order valence-corrected chi connectivity index (χ2v) is 3.92. The molecule has 0 radical (unpaired) electrons. The number of benzene rings is 1. The molecule has 2 aromatic rings. The maximum absolute atomic E-state index is 12.5. The molecule has 19 heavy (non-hydrogen) atoms. The molecule has 98 valence electrons. The zero-order valence-electron chi connectivity index (χ0n) is 9.08. The van der Waals surface area contributed by atoms with Crippen LogP contribution in [-0.4, -0.2) is 14.8 Å². The summed E-state index contributed by atoms with van der Waals surface area (Å²) in [5.74, 6) is 0. The van der Waals surface area contributed by atoms with Crippen LogP contribution in [0.5, 0.6) is 0 Å². The highest BCUT2D eigenvalue weighted by molar-refractivity contribution is 7.71. The fraction of sp³-hybridized carbons (Fsp3) is 0.100. The Bertz CT molecular complexity index is 750. The summed E-state index contributed by atoms with van der Waals surface area (Å²) in [6, 6.07) is 4.10. The van der Waals surface area contributed by atoms with E-state index in [0.717, 1.165) is 16.7 Å². The van der Waals surface area contributed by atoms with Crippen LogP contribution < -0.4 is 5.69 Å². The van der Waals surface area contributed by atoms with Crippen molar-refractivity contribution < 1.29 is 13.2 Å². The smallest absolute Gasteiger partial charge is 0.272 e. The number of nitrogens with zero attached hydrogens (tertiary/aromatic N) is 2. The highest BCUT2D eigenvalue weighted by atomic mass is 32.1. The van der Waals surface area contributed by atoms with Crippen molar-refractivity contribution in [2.45, 2.75) is 6.18 Å². The molecule has 0 aliphatic heterocycles. The molecule has 0 atom stereocenters. The number of aromatic nitrogens is 3. The normalized spacial score (nSPS) is 11.3. The zero-order chi connectivity index (χ0) is 14.2. The lowest BCUT2D eigenvalue weighted by Gasteiger charge is -2.09. The Morgan fingerprint density at radius 3 is 2.47 bits per heavy atom. The van der Waals surface area contributed by atoms with Gasteiger partial charge in [0.1, 0.15) is 6.07 Å². The van der Waals surface area contributed by atoms with Crippen molar-refractivity contribution in [1.29, 1.82) is 5.26 Å². The van der Waals surface area contributed by atoms with E-state index in [2.05, 4.69) is 10.2 Å². The van der Waals surface area contributed by atoms with Gasteiger partial charge in [-0.05, 0) is 30.4 Å². The topological polar surface area (TPSA) is 77.4 Å². The van der Waals surface area contributed by atoms with Gasteiger partial charge in [-0.2, -0.15) is 18.4 Å². The Hall–Kier alpha value is -2.34. The van der Waals surface area contributed by atoms with E-state index in [-0.39, 0.29) is 16.0 Å². The lowest BCUT2D eigenvalue weighted by atomic mass is 10.1. The number of hydrogen-bond donors (Lipinski definition) is 2. The molecular formula is C10H5F3N4OS. The van der Waals surface area contributed by atoms with Crippen molar-refractivity contribution in [2.75, 3.05) is 0 Å². The molecule has 1 aromatic heterocycles. The maximum atomic E-state index is 12.5. The second-order valence-electron chi connectivity index (χ2n) is 3.54.